The maximum absolute atomic E-state index is 12.3. The lowest BCUT2D eigenvalue weighted by atomic mass is 10.1. The van der Waals surface area contributed by atoms with Gasteiger partial charge in [0.15, 0.2) is 6.10 Å². The normalized spacial score (nSPS) is 12.0. The summed E-state index contributed by atoms with van der Waals surface area (Å²) in [6, 6.07) is 6.03. The molecule has 0 aliphatic carbocycles. The number of aryl methyl sites for hydroxylation is 3. The third-order valence-corrected chi connectivity index (χ3v) is 3.73. The van der Waals surface area contributed by atoms with Gasteiger partial charge in [0.25, 0.3) is 5.91 Å². The number of rotatable bonds is 8. The third kappa shape index (κ3) is 5.13. The first kappa shape index (κ1) is 17.1. The number of benzene rings is 1. The molecule has 0 saturated carbocycles. The topological polar surface area (TPSA) is 56.1 Å². The molecule has 2 aromatic rings. The predicted molar refractivity (Wildman–Crippen MR) is 90.5 cm³/mol. The van der Waals surface area contributed by atoms with Crippen molar-refractivity contribution in [3.05, 3.63) is 48.0 Å². The minimum atomic E-state index is -0.455. The quantitative estimate of drug-likeness (QED) is 0.762. The van der Waals surface area contributed by atoms with Crippen LogP contribution in [0.3, 0.4) is 0 Å². The molecular formula is C18H25N3O2. The molecule has 5 heteroatoms. The van der Waals surface area contributed by atoms with Crippen LogP contribution in [0.1, 0.15) is 30.9 Å². The minimum absolute atomic E-state index is 0.0564. The maximum atomic E-state index is 12.3. The molecule has 1 N–H and O–H groups in total. The van der Waals surface area contributed by atoms with Gasteiger partial charge in [0.2, 0.25) is 0 Å². The zero-order valence-corrected chi connectivity index (χ0v) is 14.1. The van der Waals surface area contributed by atoms with E-state index in [2.05, 4.69) is 10.3 Å². The lowest BCUT2D eigenvalue weighted by Crippen LogP contribution is -2.38. The van der Waals surface area contributed by atoms with Crippen molar-refractivity contribution in [1.82, 2.24) is 14.9 Å². The summed E-state index contributed by atoms with van der Waals surface area (Å²) in [6.45, 7) is 7.44. The SMILES string of the molecule is CC[C@H](Oc1cc(C)ccc1C)C(=O)NCCCn1ccnc1. The van der Waals surface area contributed by atoms with Crippen LogP contribution in [-0.4, -0.2) is 28.1 Å². The van der Waals surface area contributed by atoms with E-state index in [1.54, 1.807) is 12.5 Å². The predicted octanol–water partition coefficient (Wildman–Crippen LogP) is 2.86. The number of aromatic nitrogens is 2. The Morgan fingerprint density at radius 3 is 2.91 bits per heavy atom. The highest BCUT2D eigenvalue weighted by molar-refractivity contribution is 5.81. The minimum Gasteiger partial charge on any atom is -0.480 e. The zero-order chi connectivity index (χ0) is 16.7. The molecule has 0 saturated heterocycles. The molecule has 0 radical (unpaired) electrons. The summed E-state index contributed by atoms with van der Waals surface area (Å²) < 4.78 is 7.91. The standard InChI is InChI=1S/C18H25N3O2/c1-4-16(23-17-12-14(2)6-7-15(17)3)18(22)20-8-5-10-21-11-9-19-13-21/h6-7,9,11-13,16H,4-5,8,10H2,1-3H3,(H,20,22)/t16-/m0/s1. The van der Waals surface area contributed by atoms with Gasteiger partial charge in [-0.2, -0.15) is 0 Å². The van der Waals surface area contributed by atoms with E-state index < -0.39 is 6.10 Å². The average Bonchev–Trinajstić information content (AvgIpc) is 3.05. The zero-order valence-electron chi connectivity index (χ0n) is 14.1. The Balaban J connectivity index is 1.82. The molecule has 0 aliphatic rings. The Labute approximate surface area is 137 Å². The lowest BCUT2D eigenvalue weighted by Gasteiger charge is -2.19. The Hall–Kier alpha value is -2.30. The van der Waals surface area contributed by atoms with Crippen LogP contribution in [0.15, 0.2) is 36.9 Å². The molecule has 0 spiro atoms. The first-order chi connectivity index (χ1) is 11.1. The van der Waals surface area contributed by atoms with Crippen molar-refractivity contribution < 1.29 is 9.53 Å². The fraction of sp³-hybridized carbons (Fsp3) is 0.444. The van der Waals surface area contributed by atoms with Crippen LogP contribution >= 0.6 is 0 Å². The van der Waals surface area contributed by atoms with Gasteiger partial charge < -0.3 is 14.6 Å². The first-order valence-electron chi connectivity index (χ1n) is 8.07. The van der Waals surface area contributed by atoms with Gasteiger partial charge >= 0.3 is 0 Å². The van der Waals surface area contributed by atoms with Crippen molar-refractivity contribution >= 4 is 5.91 Å². The fourth-order valence-corrected chi connectivity index (χ4v) is 2.32. The summed E-state index contributed by atoms with van der Waals surface area (Å²) in [5.74, 6) is 0.726. The van der Waals surface area contributed by atoms with E-state index in [9.17, 15) is 4.79 Å². The number of hydrogen-bond donors (Lipinski definition) is 1. The van der Waals surface area contributed by atoms with Crippen LogP contribution in [0, 0.1) is 13.8 Å². The van der Waals surface area contributed by atoms with Gasteiger partial charge in [-0.3, -0.25) is 4.79 Å². The fourth-order valence-electron chi connectivity index (χ4n) is 2.32. The van der Waals surface area contributed by atoms with E-state index in [-0.39, 0.29) is 5.91 Å². The van der Waals surface area contributed by atoms with Crippen LogP contribution in [0.5, 0.6) is 5.75 Å². The number of ether oxygens (including phenoxy) is 1. The van der Waals surface area contributed by atoms with E-state index in [0.29, 0.717) is 13.0 Å². The Morgan fingerprint density at radius 2 is 2.22 bits per heavy atom. The second-order valence-electron chi connectivity index (χ2n) is 5.73. The molecule has 5 nitrogen and oxygen atoms in total. The van der Waals surface area contributed by atoms with Gasteiger partial charge in [0, 0.05) is 25.5 Å². The molecule has 0 bridgehead atoms. The van der Waals surface area contributed by atoms with Gasteiger partial charge in [0.05, 0.1) is 6.33 Å². The number of imidazole rings is 1. The van der Waals surface area contributed by atoms with E-state index in [1.165, 1.54) is 0 Å². The van der Waals surface area contributed by atoms with Gasteiger partial charge in [-0.05, 0) is 43.9 Å². The molecule has 0 unspecified atom stereocenters. The Morgan fingerprint density at radius 1 is 1.39 bits per heavy atom. The van der Waals surface area contributed by atoms with Crippen LogP contribution in [0.4, 0.5) is 0 Å². The maximum Gasteiger partial charge on any atom is 0.261 e. The highest BCUT2D eigenvalue weighted by Gasteiger charge is 2.18. The van der Waals surface area contributed by atoms with Crippen molar-refractivity contribution in [2.75, 3.05) is 6.54 Å². The monoisotopic (exact) mass is 315 g/mol. The Bertz CT molecular complexity index is 623. The highest BCUT2D eigenvalue weighted by atomic mass is 16.5. The summed E-state index contributed by atoms with van der Waals surface area (Å²) in [6.07, 6.45) is 6.50. The largest absolute Gasteiger partial charge is 0.480 e. The van der Waals surface area contributed by atoms with Crippen molar-refractivity contribution in [3.8, 4) is 5.75 Å². The molecule has 0 aliphatic heterocycles. The second kappa shape index (κ2) is 8.36. The molecule has 1 amide bonds. The van der Waals surface area contributed by atoms with Gasteiger partial charge in [0.1, 0.15) is 5.75 Å². The lowest BCUT2D eigenvalue weighted by molar-refractivity contribution is -0.128. The van der Waals surface area contributed by atoms with Crippen LogP contribution in [0.25, 0.3) is 0 Å². The summed E-state index contributed by atoms with van der Waals surface area (Å²) >= 11 is 0. The summed E-state index contributed by atoms with van der Waals surface area (Å²) in [5.41, 5.74) is 2.17. The molecule has 23 heavy (non-hydrogen) atoms. The molecular weight excluding hydrogens is 290 g/mol. The third-order valence-electron chi connectivity index (χ3n) is 3.73. The summed E-state index contributed by atoms with van der Waals surface area (Å²) in [4.78, 5) is 16.3. The molecule has 0 fully saturated rings. The molecule has 124 valence electrons. The Kier molecular flexibility index (Phi) is 6.20. The number of amides is 1. The van der Waals surface area contributed by atoms with E-state index in [0.717, 1.165) is 29.8 Å². The van der Waals surface area contributed by atoms with E-state index >= 15 is 0 Å². The van der Waals surface area contributed by atoms with Crippen LogP contribution in [-0.2, 0) is 11.3 Å². The van der Waals surface area contributed by atoms with Gasteiger partial charge in [-0.25, -0.2) is 4.98 Å². The highest BCUT2D eigenvalue weighted by Crippen LogP contribution is 2.21. The molecule has 1 atom stereocenters. The van der Waals surface area contributed by atoms with Crippen molar-refractivity contribution in [2.45, 2.75) is 46.3 Å². The van der Waals surface area contributed by atoms with Crippen molar-refractivity contribution in [3.63, 3.8) is 0 Å². The molecule has 2 rings (SSSR count). The van der Waals surface area contributed by atoms with Crippen molar-refractivity contribution in [1.29, 1.82) is 0 Å². The molecule has 1 aromatic heterocycles. The second-order valence-corrected chi connectivity index (χ2v) is 5.73. The molecule has 1 aromatic carbocycles. The number of carbonyl (C=O) groups is 1. The smallest absolute Gasteiger partial charge is 0.261 e. The van der Waals surface area contributed by atoms with Crippen molar-refractivity contribution in [2.24, 2.45) is 0 Å². The van der Waals surface area contributed by atoms with Crippen LogP contribution < -0.4 is 10.1 Å². The van der Waals surface area contributed by atoms with E-state index in [4.69, 9.17) is 4.74 Å². The van der Waals surface area contributed by atoms with Gasteiger partial charge in [-0.1, -0.05) is 19.1 Å². The average molecular weight is 315 g/mol. The number of carbonyl (C=O) groups excluding carboxylic acids is 1. The van der Waals surface area contributed by atoms with Crippen LogP contribution in [0.2, 0.25) is 0 Å². The molecule has 1 heterocycles. The number of nitrogens with zero attached hydrogens (tertiary/aromatic N) is 2. The van der Waals surface area contributed by atoms with E-state index in [1.807, 2.05) is 49.7 Å². The first-order valence-corrected chi connectivity index (χ1v) is 8.07. The summed E-state index contributed by atoms with van der Waals surface area (Å²) in [7, 11) is 0. The number of nitrogens with one attached hydrogen (secondary N) is 1. The number of hydrogen-bond acceptors (Lipinski definition) is 3. The van der Waals surface area contributed by atoms with Gasteiger partial charge in [-0.15, -0.1) is 0 Å². The summed E-state index contributed by atoms with van der Waals surface area (Å²) in [5, 5.41) is 2.95.